The summed E-state index contributed by atoms with van der Waals surface area (Å²) >= 11 is 0. The molecule has 0 bridgehead atoms. The first kappa shape index (κ1) is 24.6. The highest BCUT2D eigenvalue weighted by atomic mass is 32.2. The van der Waals surface area contributed by atoms with Crippen molar-refractivity contribution in [2.75, 3.05) is 0 Å². The molecular weight excluding hydrogens is 439 g/mol. The molecule has 0 heterocycles. The Morgan fingerprint density at radius 1 is 0.939 bits per heavy atom. The highest BCUT2D eigenvalue weighted by Gasteiger charge is 2.29. The first-order valence-corrected chi connectivity index (χ1v) is 12.2. The van der Waals surface area contributed by atoms with Gasteiger partial charge in [0.1, 0.15) is 11.9 Å². The molecule has 0 aliphatic heterocycles. The molecule has 3 aromatic carbocycles. The summed E-state index contributed by atoms with van der Waals surface area (Å²) in [4.78, 5) is 13.4. The first-order chi connectivity index (χ1) is 15.6. The van der Waals surface area contributed by atoms with Crippen LogP contribution in [-0.4, -0.2) is 20.4 Å². The lowest BCUT2D eigenvalue weighted by Gasteiger charge is -2.23. The molecule has 2 atom stereocenters. The summed E-state index contributed by atoms with van der Waals surface area (Å²) in [6, 6.07) is 17.2. The average Bonchev–Trinajstić information content (AvgIpc) is 2.73. The van der Waals surface area contributed by atoms with Crippen molar-refractivity contribution in [2.24, 2.45) is 0 Å². The van der Waals surface area contributed by atoms with Crippen LogP contribution in [0.15, 0.2) is 71.6 Å². The molecule has 7 heteroatoms. The zero-order chi connectivity index (χ0) is 24.2. The SMILES string of the molecule is Cc1cc(C)c(S(=O)(=O)N[C@H](Cc2ccccc2)C(=O)N[C@H](C)c2ccc(F)cc2)c(C)c1. The predicted molar refractivity (Wildman–Crippen MR) is 128 cm³/mol. The maximum atomic E-state index is 13.4. The molecule has 33 heavy (non-hydrogen) atoms. The number of halogens is 1. The number of nitrogens with one attached hydrogen (secondary N) is 2. The van der Waals surface area contributed by atoms with Crippen LogP contribution in [0.3, 0.4) is 0 Å². The van der Waals surface area contributed by atoms with Crippen LogP contribution in [0.1, 0.15) is 40.8 Å². The predicted octanol–water partition coefficient (Wildman–Crippen LogP) is 4.52. The Hall–Kier alpha value is -3.03. The van der Waals surface area contributed by atoms with Gasteiger partial charge in [0.05, 0.1) is 10.9 Å². The van der Waals surface area contributed by atoms with E-state index in [0.717, 1.165) is 16.7 Å². The Labute approximate surface area is 195 Å². The van der Waals surface area contributed by atoms with E-state index in [2.05, 4.69) is 10.0 Å². The molecule has 174 valence electrons. The van der Waals surface area contributed by atoms with Gasteiger partial charge in [0, 0.05) is 0 Å². The number of hydrogen-bond donors (Lipinski definition) is 2. The molecule has 0 spiro atoms. The Kier molecular flexibility index (Phi) is 7.66. The molecule has 0 unspecified atom stereocenters. The molecular formula is C26H29FN2O3S. The Morgan fingerprint density at radius 3 is 2.09 bits per heavy atom. The van der Waals surface area contributed by atoms with Crippen LogP contribution in [0.2, 0.25) is 0 Å². The van der Waals surface area contributed by atoms with Crippen LogP contribution in [0.4, 0.5) is 4.39 Å². The highest BCUT2D eigenvalue weighted by molar-refractivity contribution is 7.89. The van der Waals surface area contributed by atoms with Gasteiger partial charge in [-0.3, -0.25) is 4.79 Å². The second kappa shape index (κ2) is 10.3. The molecule has 0 aromatic heterocycles. The molecule has 3 aromatic rings. The fourth-order valence-corrected chi connectivity index (χ4v) is 5.67. The van der Waals surface area contributed by atoms with Crippen molar-refractivity contribution in [1.29, 1.82) is 0 Å². The summed E-state index contributed by atoms with van der Waals surface area (Å²) in [7, 11) is -3.97. The van der Waals surface area contributed by atoms with E-state index in [1.54, 1.807) is 32.9 Å². The van der Waals surface area contributed by atoms with Gasteiger partial charge >= 0.3 is 0 Å². The van der Waals surface area contributed by atoms with E-state index in [0.29, 0.717) is 11.1 Å². The largest absolute Gasteiger partial charge is 0.348 e. The lowest BCUT2D eigenvalue weighted by atomic mass is 10.0. The fourth-order valence-electron chi connectivity index (χ4n) is 4.02. The average molecular weight is 469 g/mol. The topological polar surface area (TPSA) is 75.3 Å². The lowest BCUT2D eigenvalue weighted by Crippen LogP contribution is -2.48. The van der Waals surface area contributed by atoms with Crippen LogP contribution in [-0.2, 0) is 21.2 Å². The molecule has 0 radical (unpaired) electrons. The molecule has 5 nitrogen and oxygen atoms in total. The Balaban J connectivity index is 1.89. The number of carbonyl (C=O) groups excluding carboxylic acids is 1. The summed E-state index contributed by atoms with van der Waals surface area (Å²) in [5, 5.41) is 2.86. The minimum Gasteiger partial charge on any atom is -0.348 e. The number of aryl methyl sites for hydroxylation is 3. The number of benzene rings is 3. The zero-order valence-electron chi connectivity index (χ0n) is 19.2. The first-order valence-electron chi connectivity index (χ1n) is 10.8. The summed E-state index contributed by atoms with van der Waals surface area (Å²) in [5.41, 5.74) is 3.76. The van der Waals surface area contributed by atoms with Crippen LogP contribution < -0.4 is 10.0 Å². The summed E-state index contributed by atoms with van der Waals surface area (Å²) < 4.78 is 42.6. The van der Waals surface area contributed by atoms with Crippen molar-refractivity contribution in [2.45, 2.75) is 51.1 Å². The fraction of sp³-hybridized carbons (Fsp3) is 0.269. The van der Waals surface area contributed by atoms with Crippen LogP contribution >= 0.6 is 0 Å². The van der Waals surface area contributed by atoms with Crippen LogP contribution in [0, 0.1) is 26.6 Å². The van der Waals surface area contributed by atoms with Gasteiger partial charge in [-0.2, -0.15) is 4.72 Å². The number of amides is 1. The van der Waals surface area contributed by atoms with E-state index >= 15 is 0 Å². The third-order valence-corrected chi connectivity index (χ3v) is 7.27. The summed E-state index contributed by atoms with van der Waals surface area (Å²) in [6.07, 6.45) is 0.187. The van der Waals surface area contributed by atoms with Crippen molar-refractivity contribution < 1.29 is 17.6 Å². The van der Waals surface area contributed by atoms with Gasteiger partial charge in [-0.1, -0.05) is 60.2 Å². The highest BCUT2D eigenvalue weighted by Crippen LogP contribution is 2.22. The van der Waals surface area contributed by atoms with Gasteiger partial charge in [-0.25, -0.2) is 12.8 Å². The molecule has 0 aliphatic carbocycles. The molecule has 1 amide bonds. The number of hydrogen-bond acceptors (Lipinski definition) is 3. The monoisotopic (exact) mass is 468 g/mol. The normalized spacial score (nSPS) is 13.4. The maximum Gasteiger partial charge on any atom is 0.241 e. The quantitative estimate of drug-likeness (QED) is 0.511. The molecule has 3 rings (SSSR count). The third kappa shape index (κ3) is 6.27. The van der Waals surface area contributed by atoms with E-state index in [4.69, 9.17) is 0 Å². The van der Waals surface area contributed by atoms with E-state index in [-0.39, 0.29) is 17.1 Å². The zero-order valence-corrected chi connectivity index (χ0v) is 20.0. The third-order valence-electron chi connectivity index (χ3n) is 5.50. The van der Waals surface area contributed by atoms with Crippen molar-refractivity contribution in [1.82, 2.24) is 10.0 Å². The minimum absolute atomic E-state index is 0.186. The second-order valence-electron chi connectivity index (χ2n) is 8.37. The number of sulfonamides is 1. The van der Waals surface area contributed by atoms with Crippen molar-refractivity contribution in [3.05, 3.63) is 100 Å². The number of rotatable bonds is 8. The van der Waals surface area contributed by atoms with E-state index in [1.165, 1.54) is 12.1 Å². The van der Waals surface area contributed by atoms with Gasteiger partial charge in [-0.05, 0) is 68.5 Å². The van der Waals surface area contributed by atoms with Gasteiger partial charge in [0.25, 0.3) is 0 Å². The molecule has 2 N–H and O–H groups in total. The standard InChI is InChI=1S/C26H29FN2O3S/c1-17-14-18(2)25(19(3)15-17)33(31,32)29-24(16-21-8-6-5-7-9-21)26(30)28-20(4)22-10-12-23(27)13-11-22/h5-15,20,24,29H,16H2,1-4H3,(H,28,30)/t20-,24-/m1/s1. The molecule has 0 saturated heterocycles. The minimum atomic E-state index is -3.97. The Bertz CT molecular complexity index is 1200. The lowest BCUT2D eigenvalue weighted by molar-refractivity contribution is -0.123. The Morgan fingerprint density at radius 2 is 1.52 bits per heavy atom. The van der Waals surface area contributed by atoms with Crippen molar-refractivity contribution in [3.63, 3.8) is 0 Å². The van der Waals surface area contributed by atoms with Gasteiger partial charge in [0.15, 0.2) is 0 Å². The van der Waals surface area contributed by atoms with Gasteiger partial charge in [0.2, 0.25) is 15.9 Å². The van der Waals surface area contributed by atoms with Crippen molar-refractivity contribution >= 4 is 15.9 Å². The van der Waals surface area contributed by atoms with Gasteiger partial charge < -0.3 is 5.32 Å². The maximum absolute atomic E-state index is 13.4. The van der Waals surface area contributed by atoms with Crippen LogP contribution in [0.5, 0.6) is 0 Å². The molecule has 0 fully saturated rings. The van der Waals surface area contributed by atoms with Gasteiger partial charge in [-0.15, -0.1) is 0 Å². The number of carbonyl (C=O) groups is 1. The second-order valence-corrected chi connectivity index (χ2v) is 10.0. The van der Waals surface area contributed by atoms with E-state index in [9.17, 15) is 17.6 Å². The van der Waals surface area contributed by atoms with Crippen molar-refractivity contribution in [3.8, 4) is 0 Å². The van der Waals surface area contributed by atoms with Crippen LogP contribution in [0.25, 0.3) is 0 Å². The smallest absolute Gasteiger partial charge is 0.241 e. The van der Waals surface area contributed by atoms with E-state index < -0.39 is 28.0 Å². The van der Waals surface area contributed by atoms with E-state index in [1.807, 2.05) is 49.4 Å². The molecule has 0 aliphatic rings. The summed E-state index contributed by atoms with van der Waals surface area (Å²) in [6.45, 7) is 7.18. The summed E-state index contributed by atoms with van der Waals surface area (Å²) in [5.74, 6) is -0.822. The molecule has 0 saturated carbocycles.